The molecule has 1 amide bonds. The van der Waals surface area contributed by atoms with Gasteiger partial charge in [-0.25, -0.2) is 4.98 Å². The highest BCUT2D eigenvalue weighted by atomic mass is 16.1. The average Bonchev–Trinajstić information content (AvgIpc) is 2.92. The Morgan fingerprint density at radius 3 is 2.14 bits per heavy atom. The third kappa shape index (κ3) is 5.12. The molecule has 2 aromatic heterocycles. The Morgan fingerprint density at radius 1 is 0.829 bits per heavy atom. The van der Waals surface area contributed by atoms with Crippen LogP contribution in [0.1, 0.15) is 39.4 Å². The number of hydrogen-bond acceptors (Lipinski definition) is 3. The number of nitrogens with zero attached hydrogens (tertiary/aromatic N) is 2. The van der Waals surface area contributed by atoms with Crippen LogP contribution in [0.4, 0.5) is 0 Å². The molecule has 0 saturated heterocycles. The Kier molecular flexibility index (Phi) is 6.62. The zero-order valence-electron chi connectivity index (χ0n) is 19.7. The largest absolute Gasteiger partial charge is 0.352 e. The van der Waals surface area contributed by atoms with Gasteiger partial charge in [-0.3, -0.25) is 9.78 Å². The van der Waals surface area contributed by atoms with E-state index in [1.807, 2.05) is 55.5 Å². The van der Waals surface area contributed by atoms with Gasteiger partial charge in [0.05, 0.1) is 16.8 Å². The molecule has 1 N–H and O–H groups in total. The Labute approximate surface area is 205 Å². The minimum absolute atomic E-state index is 0.0850. The van der Waals surface area contributed by atoms with Crippen molar-refractivity contribution < 1.29 is 4.79 Å². The van der Waals surface area contributed by atoms with Crippen molar-refractivity contribution >= 4 is 16.8 Å². The summed E-state index contributed by atoms with van der Waals surface area (Å²) >= 11 is 0. The summed E-state index contributed by atoms with van der Waals surface area (Å²) < 4.78 is 0. The minimum Gasteiger partial charge on any atom is -0.352 e. The van der Waals surface area contributed by atoms with E-state index in [-0.39, 0.29) is 11.8 Å². The molecule has 2 heterocycles. The molecule has 0 unspecified atom stereocenters. The van der Waals surface area contributed by atoms with Crippen molar-refractivity contribution in [1.82, 2.24) is 15.3 Å². The normalized spacial score (nSPS) is 11.0. The molecule has 0 radical (unpaired) electrons. The average molecular weight is 458 g/mol. The maximum absolute atomic E-state index is 13.5. The fourth-order valence-electron chi connectivity index (χ4n) is 4.52. The van der Waals surface area contributed by atoms with Gasteiger partial charge in [-0.1, -0.05) is 72.3 Å². The first kappa shape index (κ1) is 22.5. The number of aromatic nitrogens is 2. The minimum atomic E-state index is -0.0850. The maximum atomic E-state index is 13.5. The van der Waals surface area contributed by atoms with Crippen molar-refractivity contribution in [2.24, 2.45) is 0 Å². The van der Waals surface area contributed by atoms with Crippen molar-refractivity contribution in [3.05, 3.63) is 132 Å². The predicted molar refractivity (Wildman–Crippen MR) is 141 cm³/mol. The highest BCUT2D eigenvalue weighted by molar-refractivity contribution is 6.07. The van der Waals surface area contributed by atoms with Crippen molar-refractivity contribution in [1.29, 1.82) is 0 Å². The van der Waals surface area contributed by atoms with E-state index in [1.165, 1.54) is 11.1 Å². The van der Waals surface area contributed by atoms with E-state index >= 15 is 0 Å². The molecule has 0 spiro atoms. The summed E-state index contributed by atoms with van der Waals surface area (Å²) in [4.78, 5) is 22.4. The number of benzene rings is 3. The van der Waals surface area contributed by atoms with Crippen LogP contribution < -0.4 is 5.32 Å². The van der Waals surface area contributed by atoms with E-state index in [0.29, 0.717) is 12.1 Å². The number of rotatable bonds is 7. The number of hydrogen-bond donors (Lipinski definition) is 1. The molecule has 5 rings (SSSR count). The molecule has 0 saturated carbocycles. The van der Waals surface area contributed by atoms with E-state index in [9.17, 15) is 4.79 Å². The summed E-state index contributed by atoms with van der Waals surface area (Å²) in [5, 5.41) is 4.04. The summed E-state index contributed by atoms with van der Waals surface area (Å²) in [5.41, 5.74) is 6.74. The third-order valence-corrected chi connectivity index (χ3v) is 6.31. The maximum Gasteiger partial charge on any atom is 0.252 e. The second-order valence-corrected chi connectivity index (χ2v) is 8.73. The van der Waals surface area contributed by atoms with Gasteiger partial charge in [0.1, 0.15) is 0 Å². The number of nitrogens with one attached hydrogen (secondary N) is 1. The number of aryl methyl sites for hydroxylation is 1. The Hall–Kier alpha value is -4.31. The van der Waals surface area contributed by atoms with Crippen molar-refractivity contribution in [2.75, 3.05) is 6.54 Å². The molecule has 0 aliphatic carbocycles. The number of carbonyl (C=O) groups is 1. The van der Waals surface area contributed by atoms with Crippen LogP contribution in [-0.2, 0) is 0 Å². The molecular formula is C31H27N3O. The molecule has 35 heavy (non-hydrogen) atoms. The van der Waals surface area contributed by atoms with E-state index < -0.39 is 0 Å². The monoisotopic (exact) mass is 457 g/mol. The van der Waals surface area contributed by atoms with Gasteiger partial charge in [0.15, 0.2) is 0 Å². The SMILES string of the molecule is Cc1ccc2nc(-c3ccncc3)cc(C(=O)NCCC(c3ccccc3)c3ccccc3)c2c1. The summed E-state index contributed by atoms with van der Waals surface area (Å²) in [5.74, 6) is 0.125. The topological polar surface area (TPSA) is 54.9 Å². The molecule has 3 aromatic carbocycles. The van der Waals surface area contributed by atoms with Gasteiger partial charge in [-0.15, -0.1) is 0 Å². The van der Waals surface area contributed by atoms with Gasteiger partial charge in [0.2, 0.25) is 0 Å². The lowest BCUT2D eigenvalue weighted by molar-refractivity contribution is 0.0954. The van der Waals surface area contributed by atoms with E-state index in [2.05, 4.69) is 58.8 Å². The van der Waals surface area contributed by atoms with Crippen molar-refractivity contribution in [3.63, 3.8) is 0 Å². The first-order valence-electron chi connectivity index (χ1n) is 11.9. The fraction of sp³-hybridized carbons (Fsp3) is 0.129. The van der Waals surface area contributed by atoms with E-state index in [1.54, 1.807) is 12.4 Å². The predicted octanol–water partition coefficient (Wildman–Crippen LogP) is 6.56. The van der Waals surface area contributed by atoms with Gasteiger partial charge < -0.3 is 5.32 Å². The summed E-state index contributed by atoms with van der Waals surface area (Å²) in [6.07, 6.45) is 4.28. The van der Waals surface area contributed by atoms with Gasteiger partial charge in [0.25, 0.3) is 5.91 Å². The van der Waals surface area contributed by atoms with Crippen molar-refractivity contribution in [3.8, 4) is 11.3 Å². The van der Waals surface area contributed by atoms with Gasteiger partial charge in [0, 0.05) is 35.8 Å². The number of amides is 1. The van der Waals surface area contributed by atoms with E-state index in [0.717, 1.165) is 34.1 Å². The molecular weight excluding hydrogens is 430 g/mol. The van der Waals surface area contributed by atoms with Crippen LogP contribution in [0.5, 0.6) is 0 Å². The Morgan fingerprint density at radius 2 is 1.49 bits per heavy atom. The first-order valence-corrected chi connectivity index (χ1v) is 11.9. The van der Waals surface area contributed by atoms with Gasteiger partial charge in [-0.2, -0.15) is 0 Å². The van der Waals surface area contributed by atoms with Crippen LogP contribution in [0.2, 0.25) is 0 Å². The number of fused-ring (bicyclic) bond motifs is 1. The summed E-state index contributed by atoms with van der Waals surface area (Å²) in [7, 11) is 0. The Balaban J connectivity index is 1.41. The van der Waals surface area contributed by atoms with E-state index in [4.69, 9.17) is 4.98 Å². The molecule has 5 aromatic rings. The van der Waals surface area contributed by atoms with Gasteiger partial charge in [-0.05, 0) is 54.8 Å². The summed E-state index contributed by atoms with van der Waals surface area (Å²) in [6.45, 7) is 2.59. The Bertz CT molecular complexity index is 1390. The molecule has 0 fully saturated rings. The van der Waals surface area contributed by atoms with Crippen LogP contribution in [0, 0.1) is 6.92 Å². The molecule has 0 aliphatic rings. The van der Waals surface area contributed by atoms with Crippen LogP contribution in [0.15, 0.2) is 109 Å². The lowest BCUT2D eigenvalue weighted by Gasteiger charge is -2.19. The zero-order valence-corrected chi connectivity index (χ0v) is 19.7. The number of carbonyl (C=O) groups excluding carboxylic acids is 1. The highest BCUT2D eigenvalue weighted by Crippen LogP contribution is 2.28. The first-order chi connectivity index (χ1) is 17.2. The summed E-state index contributed by atoms with van der Waals surface area (Å²) in [6, 6.07) is 32.7. The van der Waals surface area contributed by atoms with Crippen LogP contribution >= 0.6 is 0 Å². The second kappa shape index (κ2) is 10.3. The second-order valence-electron chi connectivity index (χ2n) is 8.73. The lowest BCUT2D eigenvalue weighted by atomic mass is 9.88. The van der Waals surface area contributed by atoms with Crippen LogP contribution in [-0.4, -0.2) is 22.4 Å². The fourth-order valence-corrected chi connectivity index (χ4v) is 4.52. The standard InChI is InChI=1S/C31H27N3O/c1-22-12-13-29-27(20-22)28(21-30(34-29)25-14-17-32-18-15-25)31(35)33-19-16-26(23-8-4-2-5-9-23)24-10-6-3-7-11-24/h2-15,17-18,20-21,26H,16,19H2,1H3,(H,33,35). The molecule has 4 heteroatoms. The van der Waals surface area contributed by atoms with Gasteiger partial charge >= 0.3 is 0 Å². The molecule has 4 nitrogen and oxygen atoms in total. The lowest BCUT2D eigenvalue weighted by Crippen LogP contribution is -2.26. The molecule has 0 bridgehead atoms. The molecule has 0 aliphatic heterocycles. The zero-order chi connectivity index (χ0) is 24.0. The number of pyridine rings is 2. The quantitative estimate of drug-likeness (QED) is 0.301. The molecule has 0 atom stereocenters. The third-order valence-electron chi connectivity index (χ3n) is 6.31. The highest BCUT2D eigenvalue weighted by Gasteiger charge is 2.17. The smallest absolute Gasteiger partial charge is 0.252 e. The van der Waals surface area contributed by atoms with Crippen molar-refractivity contribution in [2.45, 2.75) is 19.3 Å². The van der Waals surface area contributed by atoms with Crippen LogP contribution in [0.25, 0.3) is 22.2 Å². The molecule has 172 valence electrons. The van der Waals surface area contributed by atoms with Crippen LogP contribution in [0.3, 0.4) is 0 Å².